The van der Waals surface area contributed by atoms with Gasteiger partial charge in [-0.15, -0.1) is 0 Å². The third-order valence-electron chi connectivity index (χ3n) is 1.91. The Labute approximate surface area is 91.1 Å². The summed E-state index contributed by atoms with van der Waals surface area (Å²) in [6.07, 6.45) is -1.28. The fourth-order valence-corrected chi connectivity index (χ4v) is 1.22. The molecule has 0 atom stereocenters. The van der Waals surface area contributed by atoms with Crippen LogP contribution in [0.3, 0.4) is 0 Å². The maximum absolute atomic E-state index is 13.1. The first-order valence-electron chi connectivity index (χ1n) is 4.07. The zero-order valence-corrected chi connectivity index (χ0v) is 7.93. The van der Waals surface area contributed by atoms with Gasteiger partial charge in [0.05, 0.1) is 6.42 Å². The van der Waals surface area contributed by atoms with Gasteiger partial charge in [-0.25, -0.2) is 22.4 Å². The quantitative estimate of drug-likeness (QED) is 0.486. The highest BCUT2D eigenvalue weighted by atomic mass is 19.2. The van der Waals surface area contributed by atoms with Gasteiger partial charge in [-0.1, -0.05) is 0 Å². The van der Waals surface area contributed by atoms with Gasteiger partial charge in [0, 0.05) is 5.56 Å². The Morgan fingerprint density at radius 2 is 1.35 bits per heavy atom. The van der Waals surface area contributed by atoms with E-state index < -0.39 is 52.8 Å². The number of rotatable bonds is 3. The minimum Gasteiger partial charge on any atom is -0.481 e. The van der Waals surface area contributed by atoms with E-state index in [1.807, 2.05) is 0 Å². The van der Waals surface area contributed by atoms with Gasteiger partial charge in [-0.2, -0.15) is 0 Å². The van der Waals surface area contributed by atoms with Crippen molar-refractivity contribution in [1.82, 2.24) is 0 Å². The molecule has 1 rings (SSSR count). The Morgan fingerprint density at radius 1 is 0.882 bits per heavy atom. The van der Waals surface area contributed by atoms with Crippen LogP contribution in [0.2, 0.25) is 0 Å². The van der Waals surface area contributed by atoms with Gasteiger partial charge in [-0.05, 0) is 0 Å². The van der Waals surface area contributed by atoms with Crippen LogP contribution in [0.25, 0.3) is 0 Å². The third-order valence-corrected chi connectivity index (χ3v) is 1.91. The first kappa shape index (κ1) is 12.9. The van der Waals surface area contributed by atoms with Crippen molar-refractivity contribution in [2.75, 3.05) is 0 Å². The predicted molar refractivity (Wildman–Crippen MR) is 44.6 cm³/mol. The number of aliphatic carboxylic acids is 1. The first-order chi connectivity index (χ1) is 7.77. The van der Waals surface area contributed by atoms with Gasteiger partial charge in [0.15, 0.2) is 23.3 Å². The number of benzene rings is 1. The molecule has 4 nitrogen and oxygen atoms in total. The van der Waals surface area contributed by atoms with Crippen LogP contribution in [0.15, 0.2) is 0 Å². The number of carboxylic acid groups (broad SMARTS) is 2. The largest absolute Gasteiger partial charge is 0.481 e. The van der Waals surface area contributed by atoms with E-state index in [4.69, 9.17) is 10.2 Å². The summed E-state index contributed by atoms with van der Waals surface area (Å²) in [6.45, 7) is 0. The zero-order chi connectivity index (χ0) is 13.3. The molecule has 0 radical (unpaired) electrons. The molecule has 0 saturated heterocycles. The second-order valence-corrected chi connectivity index (χ2v) is 2.99. The SMILES string of the molecule is O=C(O)Cc1c(F)c(F)c(F)c(F)c1C(=O)O. The van der Waals surface area contributed by atoms with Crippen molar-refractivity contribution in [2.45, 2.75) is 6.42 Å². The molecule has 0 aliphatic heterocycles. The van der Waals surface area contributed by atoms with Gasteiger partial charge in [0.1, 0.15) is 5.56 Å². The van der Waals surface area contributed by atoms with Crippen LogP contribution in [0.1, 0.15) is 15.9 Å². The Hall–Kier alpha value is -2.12. The molecule has 8 heteroatoms. The molecule has 0 aliphatic rings. The van der Waals surface area contributed by atoms with Crippen molar-refractivity contribution >= 4 is 11.9 Å². The molecule has 1 aromatic rings. The zero-order valence-electron chi connectivity index (χ0n) is 7.93. The van der Waals surface area contributed by atoms with E-state index in [0.717, 1.165) is 0 Å². The van der Waals surface area contributed by atoms with Gasteiger partial charge < -0.3 is 10.2 Å². The lowest BCUT2D eigenvalue weighted by Crippen LogP contribution is -2.16. The molecule has 92 valence electrons. The summed E-state index contributed by atoms with van der Waals surface area (Å²) < 4.78 is 51.7. The Balaban J connectivity index is 3.65. The second kappa shape index (κ2) is 4.40. The van der Waals surface area contributed by atoms with Crippen molar-refractivity contribution in [3.8, 4) is 0 Å². The van der Waals surface area contributed by atoms with Gasteiger partial charge in [0.2, 0.25) is 0 Å². The number of halogens is 4. The van der Waals surface area contributed by atoms with Crippen LogP contribution >= 0.6 is 0 Å². The maximum Gasteiger partial charge on any atom is 0.339 e. The Morgan fingerprint density at radius 3 is 1.76 bits per heavy atom. The van der Waals surface area contributed by atoms with Crippen molar-refractivity contribution in [1.29, 1.82) is 0 Å². The molecule has 0 spiro atoms. The third kappa shape index (κ3) is 2.19. The minimum absolute atomic E-state index is 1.25. The Kier molecular flexibility index (Phi) is 3.35. The smallest absolute Gasteiger partial charge is 0.339 e. The average Bonchev–Trinajstić information content (AvgIpc) is 2.22. The van der Waals surface area contributed by atoms with Crippen LogP contribution in [-0.2, 0) is 11.2 Å². The molecule has 0 aliphatic carbocycles. The molecule has 1 aromatic carbocycles. The Bertz CT molecular complexity index is 512. The van der Waals surface area contributed by atoms with Gasteiger partial charge in [-0.3, -0.25) is 4.79 Å². The molecule has 0 fully saturated rings. The van der Waals surface area contributed by atoms with E-state index in [1.165, 1.54) is 0 Å². The van der Waals surface area contributed by atoms with E-state index in [0.29, 0.717) is 0 Å². The molecular weight excluding hydrogens is 248 g/mol. The fraction of sp³-hybridized carbons (Fsp3) is 0.111. The maximum atomic E-state index is 13.1. The van der Waals surface area contributed by atoms with E-state index >= 15 is 0 Å². The standard InChI is InChI=1S/C9H4F4O4/c10-5-2(1-3(14)15)4(9(16)17)6(11)8(13)7(5)12/h1H2,(H,14,15)(H,16,17). The molecule has 17 heavy (non-hydrogen) atoms. The van der Waals surface area contributed by atoms with E-state index in [-0.39, 0.29) is 0 Å². The van der Waals surface area contributed by atoms with Gasteiger partial charge >= 0.3 is 11.9 Å². The molecule has 0 saturated carbocycles. The summed E-state index contributed by atoms with van der Waals surface area (Å²) >= 11 is 0. The van der Waals surface area contributed by atoms with E-state index in [9.17, 15) is 27.2 Å². The average molecular weight is 252 g/mol. The molecule has 0 amide bonds. The van der Waals surface area contributed by atoms with Crippen molar-refractivity contribution in [3.63, 3.8) is 0 Å². The van der Waals surface area contributed by atoms with Crippen LogP contribution in [0.5, 0.6) is 0 Å². The molecule has 0 unspecified atom stereocenters. The number of hydrogen-bond acceptors (Lipinski definition) is 2. The molecule has 0 bridgehead atoms. The van der Waals surface area contributed by atoms with E-state index in [1.54, 1.807) is 0 Å². The van der Waals surface area contributed by atoms with Crippen LogP contribution in [-0.4, -0.2) is 22.2 Å². The highest BCUT2D eigenvalue weighted by molar-refractivity contribution is 5.91. The molecular formula is C9H4F4O4. The highest BCUT2D eigenvalue weighted by Gasteiger charge is 2.29. The predicted octanol–water partition coefficient (Wildman–Crippen LogP) is 1.57. The van der Waals surface area contributed by atoms with Crippen LogP contribution in [0.4, 0.5) is 17.6 Å². The summed E-state index contributed by atoms with van der Waals surface area (Å²) in [4.78, 5) is 20.9. The number of carboxylic acids is 2. The lowest BCUT2D eigenvalue weighted by Gasteiger charge is -2.08. The first-order valence-corrected chi connectivity index (χ1v) is 4.07. The summed E-state index contributed by atoms with van der Waals surface area (Å²) in [5.74, 6) is -12.5. The van der Waals surface area contributed by atoms with Crippen molar-refractivity contribution in [2.24, 2.45) is 0 Å². The molecule has 0 aromatic heterocycles. The number of carbonyl (C=O) groups is 2. The van der Waals surface area contributed by atoms with Crippen molar-refractivity contribution < 1.29 is 37.4 Å². The highest BCUT2D eigenvalue weighted by Crippen LogP contribution is 2.24. The van der Waals surface area contributed by atoms with Crippen LogP contribution < -0.4 is 0 Å². The fourth-order valence-electron chi connectivity index (χ4n) is 1.22. The number of aromatic carboxylic acids is 1. The second-order valence-electron chi connectivity index (χ2n) is 2.99. The lowest BCUT2D eigenvalue weighted by atomic mass is 10.0. The monoisotopic (exact) mass is 252 g/mol. The summed E-state index contributed by atoms with van der Waals surface area (Å²) in [6, 6.07) is 0. The summed E-state index contributed by atoms with van der Waals surface area (Å²) in [7, 11) is 0. The summed E-state index contributed by atoms with van der Waals surface area (Å²) in [5, 5.41) is 16.9. The normalized spacial score (nSPS) is 10.4. The lowest BCUT2D eigenvalue weighted by molar-refractivity contribution is -0.136. The van der Waals surface area contributed by atoms with Gasteiger partial charge in [0.25, 0.3) is 0 Å². The van der Waals surface area contributed by atoms with Crippen LogP contribution in [0, 0.1) is 23.3 Å². The number of hydrogen-bond donors (Lipinski definition) is 2. The van der Waals surface area contributed by atoms with E-state index in [2.05, 4.69) is 0 Å². The summed E-state index contributed by atoms with van der Waals surface area (Å²) in [5.41, 5.74) is -2.77. The topological polar surface area (TPSA) is 74.6 Å². The van der Waals surface area contributed by atoms with Crippen molar-refractivity contribution in [3.05, 3.63) is 34.4 Å². The minimum atomic E-state index is -2.30. The molecule has 0 heterocycles. The molecule has 2 N–H and O–H groups in total.